The summed E-state index contributed by atoms with van der Waals surface area (Å²) in [6, 6.07) is 2.83. The summed E-state index contributed by atoms with van der Waals surface area (Å²) in [5.41, 5.74) is 6.31. The van der Waals surface area contributed by atoms with Gasteiger partial charge in [0.1, 0.15) is 11.6 Å². The van der Waals surface area contributed by atoms with Crippen molar-refractivity contribution in [1.29, 1.82) is 0 Å². The number of benzene rings is 1. The summed E-state index contributed by atoms with van der Waals surface area (Å²) >= 11 is 0. The Balaban J connectivity index is 1.88. The third-order valence-electron chi connectivity index (χ3n) is 2.79. The van der Waals surface area contributed by atoms with Gasteiger partial charge in [0.2, 0.25) is 0 Å². The molecule has 19 heavy (non-hydrogen) atoms. The quantitative estimate of drug-likeness (QED) is 0.619. The van der Waals surface area contributed by atoms with Crippen LogP contribution in [0.3, 0.4) is 0 Å². The highest BCUT2D eigenvalue weighted by Gasteiger charge is 2.07. The third-order valence-corrected chi connectivity index (χ3v) is 2.79. The van der Waals surface area contributed by atoms with Crippen molar-refractivity contribution in [3.63, 3.8) is 0 Å². The minimum Gasteiger partial charge on any atom is -0.495 e. The number of methoxy groups -OCH3 is 1. The molecule has 102 valence electrons. The first-order valence-electron chi connectivity index (χ1n) is 6.03. The maximum atomic E-state index is 13.7. The number of nitrogens with one attached hydrogen (secondary N) is 1. The van der Waals surface area contributed by atoms with Gasteiger partial charge in [-0.3, -0.25) is 0 Å². The van der Waals surface area contributed by atoms with E-state index in [0.29, 0.717) is 23.7 Å². The Morgan fingerprint density at radius 2 is 2.32 bits per heavy atom. The topological polar surface area (TPSA) is 65.1 Å². The van der Waals surface area contributed by atoms with Gasteiger partial charge in [0.05, 0.1) is 24.8 Å². The number of halogens is 1. The number of hydrogen-bond donors (Lipinski definition) is 2. The van der Waals surface area contributed by atoms with Gasteiger partial charge in [0.15, 0.2) is 0 Å². The highest BCUT2D eigenvalue weighted by atomic mass is 19.1. The summed E-state index contributed by atoms with van der Waals surface area (Å²) in [6.07, 6.45) is 6.25. The summed E-state index contributed by atoms with van der Waals surface area (Å²) in [7, 11) is 1.51. The highest BCUT2D eigenvalue weighted by Crippen LogP contribution is 2.28. The lowest BCUT2D eigenvalue weighted by atomic mass is 10.2. The van der Waals surface area contributed by atoms with Gasteiger partial charge in [-0.05, 0) is 6.42 Å². The zero-order chi connectivity index (χ0) is 13.7. The number of imidazole rings is 1. The van der Waals surface area contributed by atoms with Crippen molar-refractivity contribution in [1.82, 2.24) is 9.55 Å². The number of anilines is 2. The Morgan fingerprint density at radius 3 is 3.00 bits per heavy atom. The molecule has 0 aliphatic heterocycles. The molecule has 1 heterocycles. The molecule has 2 rings (SSSR count). The Labute approximate surface area is 111 Å². The average Bonchev–Trinajstić information content (AvgIpc) is 2.90. The first-order valence-corrected chi connectivity index (χ1v) is 6.03. The lowest BCUT2D eigenvalue weighted by Gasteiger charge is -2.11. The van der Waals surface area contributed by atoms with Gasteiger partial charge < -0.3 is 20.4 Å². The lowest BCUT2D eigenvalue weighted by molar-refractivity contribution is 0.416. The Morgan fingerprint density at radius 1 is 1.47 bits per heavy atom. The van der Waals surface area contributed by atoms with Crippen LogP contribution < -0.4 is 15.8 Å². The average molecular weight is 264 g/mol. The van der Waals surface area contributed by atoms with Crippen LogP contribution in [-0.4, -0.2) is 23.2 Å². The van der Waals surface area contributed by atoms with Crippen LogP contribution in [0, 0.1) is 5.82 Å². The second kappa shape index (κ2) is 6.08. The number of hydrogen-bond acceptors (Lipinski definition) is 4. The van der Waals surface area contributed by atoms with Gasteiger partial charge >= 0.3 is 0 Å². The summed E-state index contributed by atoms with van der Waals surface area (Å²) in [5, 5.41) is 3.03. The lowest BCUT2D eigenvalue weighted by Crippen LogP contribution is -2.07. The SMILES string of the molecule is COc1cc(NCCCn2ccnc2)c(F)cc1N. The summed E-state index contributed by atoms with van der Waals surface area (Å²) in [5.74, 6) is 0.0967. The second-order valence-corrected chi connectivity index (χ2v) is 4.15. The Bertz CT molecular complexity index is 528. The van der Waals surface area contributed by atoms with E-state index >= 15 is 0 Å². The van der Waals surface area contributed by atoms with E-state index in [4.69, 9.17) is 10.5 Å². The molecule has 5 nitrogen and oxygen atoms in total. The van der Waals surface area contributed by atoms with Crippen LogP contribution >= 0.6 is 0 Å². The number of nitrogens with zero attached hydrogens (tertiary/aromatic N) is 2. The number of aromatic nitrogens is 2. The van der Waals surface area contributed by atoms with Gasteiger partial charge in [-0.25, -0.2) is 9.37 Å². The zero-order valence-corrected chi connectivity index (χ0v) is 10.8. The van der Waals surface area contributed by atoms with Crippen LogP contribution in [0.2, 0.25) is 0 Å². The number of rotatable bonds is 6. The fourth-order valence-electron chi connectivity index (χ4n) is 1.78. The molecule has 0 bridgehead atoms. The fraction of sp³-hybridized carbons (Fsp3) is 0.308. The van der Waals surface area contributed by atoms with E-state index in [1.165, 1.54) is 13.2 Å². The monoisotopic (exact) mass is 264 g/mol. The van der Waals surface area contributed by atoms with Gasteiger partial charge in [-0.1, -0.05) is 0 Å². The summed E-state index contributed by atoms with van der Waals surface area (Å²) < 4.78 is 20.7. The molecular weight excluding hydrogens is 247 g/mol. The zero-order valence-electron chi connectivity index (χ0n) is 10.8. The molecule has 1 aromatic heterocycles. The van der Waals surface area contributed by atoms with E-state index in [9.17, 15) is 4.39 Å². The van der Waals surface area contributed by atoms with Gasteiger partial charge in [-0.2, -0.15) is 0 Å². The van der Waals surface area contributed by atoms with Gasteiger partial charge in [0, 0.05) is 37.6 Å². The predicted molar refractivity (Wildman–Crippen MR) is 72.7 cm³/mol. The minimum absolute atomic E-state index is 0.295. The van der Waals surface area contributed by atoms with E-state index < -0.39 is 0 Å². The second-order valence-electron chi connectivity index (χ2n) is 4.15. The molecule has 0 radical (unpaired) electrons. The molecule has 0 aliphatic carbocycles. The summed E-state index contributed by atoms with van der Waals surface area (Å²) in [6.45, 7) is 1.49. The molecule has 3 N–H and O–H groups in total. The number of nitrogen functional groups attached to an aromatic ring is 1. The van der Waals surface area contributed by atoms with Crippen LogP contribution in [0.5, 0.6) is 5.75 Å². The number of nitrogens with two attached hydrogens (primary N) is 1. The molecule has 0 spiro atoms. The van der Waals surface area contributed by atoms with E-state index in [2.05, 4.69) is 10.3 Å². The molecule has 0 unspecified atom stereocenters. The van der Waals surface area contributed by atoms with Crippen LogP contribution in [0.15, 0.2) is 30.9 Å². The van der Waals surface area contributed by atoms with Crippen molar-refractivity contribution in [3.05, 3.63) is 36.7 Å². The normalized spacial score (nSPS) is 10.4. The molecule has 0 fully saturated rings. The number of aryl methyl sites for hydroxylation is 1. The van der Waals surface area contributed by atoms with Crippen molar-refractivity contribution in [2.75, 3.05) is 24.7 Å². The Hall–Kier alpha value is -2.24. The Kier molecular flexibility index (Phi) is 4.22. The first-order chi connectivity index (χ1) is 9.20. The van der Waals surface area contributed by atoms with Gasteiger partial charge in [-0.15, -0.1) is 0 Å². The largest absolute Gasteiger partial charge is 0.495 e. The van der Waals surface area contributed by atoms with Crippen molar-refractivity contribution in [2.24, 2.45) is 0 Å². The molecule has 0 amide bonds. The standard InChI is InChI=1S/C13H17FN4O/c1-19-13-8-12(10(14)7-11(13)15)17-3-2-5-18-6-4-16-9-18/h4,6-9,17H,2-3,5,15H2,1H3. The molecule has 1 aromatic carbocycles. The highest BCUT2D eigenvalue weighted by molar-refractivity contribution is 5.62. The molecule has 0 saturated heterocycles. The molecule has 0 saturated carbocycles. The number of ether oxygens (including phenoxy) is 1. The van der Waals surface area contributed by atoms with Crippen LogP contribution in [-0.2, 0) is 6.54 Å². The van der Waals surface area contributed by atoms with Crippen molar-refractivity contribution < 1.29 is 9.13 Å². The van der Waals surface area contributed by atoms with Crippen molar-refractivity contribution >= 4 is 11.4 Å². The minimum atomic E-state index is -0.374. The van der Waals surface area contributed by atoms with Gasteiger partial charge in [0.25, 0.3) is 0 Å². The summed E-state index contributed by atoms with van der Waals surface area (Å²) in [4.78, 5) is 3.96. The third kappa shape index (κ3) is 3.37. The van der Waals surface area contributed by atoms with Crippen molar-refractivity contribution in [3.8, 4) is 5.75 Å². The van der Waals surface area contributed by atoms with Crippen molar-refractivity contribution in [2.45, 2.75) is 13.0 Å². The smallest absolute Gasteiger partial charge is 0.148 e. The molecule has 0 aliphatic rings. The van der Waals surface area contributed by atoms with E-state index in [1.807, 2.05) is 10.8 Å². The molecule has 2 aromatic rings. The maximum Gasteiger partial charge on any atom is 0.148 e. The molecular formula is C13H17FN4O. The van der Waals surface area contributed by atoms with E-state index in [-0.39, 0.29) is 5.82 Å². The first kappa shape index (κ1) is 13.2. The van der Waals surface area contributed by atoms with Crippen LogP contribution in [0.4, 0.5) is 15.8 Å². The fourth-order valence-corrected chi connectivity index (χ4v) is 1.78. The van der Waals surface area contributed by atoms with Crippen LogP contribution in [0.25, 0.3) is 0 Å². The van der Waals surface area contributed by atoms with E-state index in [0.717, 1.165) is 13.0 Å². The predicted octanol–water partition coefficient (Wildman–Crippen LogP) is 2.12. The molecule has 6 heteroatoms. The van der Waals surface area contributed by atoms with E-state index in [1.54, 1.807) is 18.6 Å². The van der Waals surface area contributed by atoms with Crippen LogP contribution in [0.1, 0.15) is 6.42 Å². The molecule has 0 atom stereocenters. The maximum absolute atomic E-state index is 13.7.